The Morgan fingerprint density at radius 1 is 1.53 bits per heavy atom. The van der Waals surface area contributed by atoms with Crippen LogP contribution in [0.4, 0.5) is 0 Å². The van der Waals surface area contributed by atoms with Crippen LogP contribution < -0.4 is 0 Å². The molecule has 0 saturated carbocycles. The maximum Gasteiger partial charge on any atom is 0.312 e. The van der Waals surface area contributed by atoms with Crippen LogP contribution in [0.1, 0.15) is 10.6 Å². The van der Waals surface area contributed by atoms with Crippen LogP contribution in [0.2, 0.25) is 0 Å². The first-order valence-electron chi connectivity index (χ1n) is 4.62. The highest BCUT2D eigenvalue weighted by molar-refractivity contribution is 7.18. The fraction of sp³-hybridized carbons (Fsp3) is 0.273. The van der Waals surface area contributed by atoms with Crippen molar-refractivity contribution in [2.45, 2.75) is 13.3 Å². The van der Waals surface area contributed by atoms with Crippen molar-refractivity contribution in [1.82, 2.24) is 4.98 Å². The Kier molecular flexibility index (Phi) is 2.68. The lowest BCUT2D eigenvalue weighted by molar-refractivity contribution is -0.139. The van der Waals surface area contributed by atoms with Crippen LogP contribution in [-0.4, -0.2) is 18.1 Å². The Morgan fingerprint density at radius 3 is 3.07 bits per heavy atom. The number of benzene rings is 1. The van der Waals surface area contributed by atoms with E-state index in [9.17, 15) is 4.79 Å². The van der Waals surface area contributed by atoms with Crippen molar-refractivity contribution in [3.63, 3.8) is 0 Å². The highest BCUT2D eigenvalue weighted by Crippen LogP contribution is 2.23. The molecule has 2 aromatic rings. The van der Waals surface area contributed by atoms with Crippen molar-refractivity contribution in [3.05, 3.63) is 28.8 Å². The number of carbonyl (C=O) groups is 1. The molecular weight excluding hydrogens is 210 g/mol. The first kappa shape index (κ1) is 10.1. The van der Waals surface area contributed by atoms with Gasteiger partial charge < -0.3 is 4.74 Å². The minimum Gasteiger partial charge on any atom is -0.469 e. The van der Waals surface area contributed by atoms with Gasteiger partial charge in [0.05, 0.1) is 23.7 Å². The first-order valence-corrected chi connectivity index (χ1v) is 5.43. The fourth-order valence-corrected chi connectivity index (χ4v) is 2.40. The van der Waals surface area contributed by atoms with Crippen molar-refractivity contribution in [1.29, 1.82) is 0 Å². The van der Waals surface area contributed by atoms with Gasteiger partial charge in [0.15, 0.2) is 0 Å². The van der Waals surface area contributed by atoms with Gasteiger partial charge in [0, 0.05) is 0 Å². The lowest BCUT2D eigenvalue weighted by atomic mass is 10.2. The van der Waals surface area contributed by atoms with E-state index in [2.05, 4.69) is 15.8 Å². The van der Waals surface area contributed by atoms with Gasteiger partial charge in [0.1, 0.15) is 5.01 Å². The second-order valence-corrected chi connectivity index (χ2v) is 4.45. The van der Waals surface area contributed by atoms with Crippen molar-refractivity contribution in [3.8, 4) is 0 Å². The summed E-state index contributed by atoms with van der Waals surface area (Å²) < 4.78 is 5.72. The predicted molar refractivity (Wildman–Crippen MR) is 60.1 cm³/mol. The Hall–Kier alpha value is -1.42. The monoisotopic (exact) mass is 221 g/mol. The smallest absolute Gasteiger partial charge is 0.312 e. The number of aryl methyl sites for hydroxylation is 1. The Bertz CT molecular complexity index is 504. The van der Waals surface area contributed by atoms with Gasteiger partial charge in [-0.1, -0.05) is 6.07 Å². The molecular formula is C11H11NO2S. The highest BCUT2D eigenvalue weighted by Gasteiger charge is 2.08. The summed E-state index contributed by atoms with van der Waals surface area (Å²) in [4.78, 5) is 15.4. The molecule has 78 valence electrons. The van der Waals surface area contributed by atoms with E-state index < -0.39 is 0 Å². The van der Waals surface area contributed by atoms with Crippen molar-refractivity contribution in [2.24, 2.45) is 0 Å². The third-order valence-electron chi connectivity index (χ3n) is 2.11. The highest BCUT2D eigenvalue weighted by atomic mass is 32.1. The van der Waals surface area contributed by atoms with Crippen LogP contribution in [0.3, 0.4) is 0 Å². The van der Waals surface area contributed by atoms with E-state index in [4.69, 9.17) is 0 Å². The zero-order valence-corrected chi connectivity index (χ0v) is 9.43. The number of fused-ring (bicyclic) bond motifs is 1. The molecule has 0 aliphatic heterocycles. The van der Waals surface area contributed by atoms with Crippen LogP contribution in [0.5, 0.6) is 0 Å². The fourth-order valence-electron chi connectivity index (χ4n) is 1.35. The molecule has 1 aromatic heterocycles. The predicted octanol–water partition coefficient (Wildman–Crippen LogP) is 2.32. The number of ether oxygens (including phenoxy) is 1. The van der Waals surface area contributed by atoms with E-state index in [-0.39, 0.29) is 12.4 Å². The van der Waals surface area contributed by atoms with Crippen LogP contribution in [0.15, 0.2) is 18.2 Å². The maximum atomic E-state index is 11.1. The molecule has 0 fully saturated rings. The summed E-state index contributed by atoms with van der Waals surface area (Å²) >= 11 is 1.54. The summed E-state index contributed by atoms with van der Waals surface area (Å²) in [6.07, 6.45) is 0.259. The normalized spacial score (nSPS) is 10.5. The zero-order valence-electron chi connectivity index (χ0n) is 8.61. The number of aromatic nitrogens is 1. The Morgan fingerprint density at radius 2 is 2.33 bits per heavy atom. The third-order valence-corrected chi connectivity index (χ3v) is 3.13. The number of hydrogen-bond donors (Lipinski definition) is 0. The maximum absolute atomic E-state index is 11.1. The van der Waals surface area contributed by atoms with E-state index in [0.29, 0.717) is 0 Å². The molecule has 0 saturated heterocycles. The molecule has 0 amide bonds. The largest absolute Gasteiger partial charge is 0.469 e. The standard InChI is InChI=1S/C11H11NO2S/c1-7-3-4-8-9(5-7)15-10(12-8)6-11(13)14-2/h3-5H,6H2,1-2H3. The van der Waals surface area contributed by atoms with Crippen LogP contribution in [0.25, 0.3) is 10.2 Å². The zero-order chi connectivity index (χ0) is 10.8. The van der Waals surface area contributed by atoms with Gasteiger partial charge in [-0.2, -0.15) is 0 Å². The number of thiazole rings is 1. The van der Waals surface area contributed by atoms with E-state index in [1.807, 2.05) is 19.1 Å². The molecule has 0 spiro atoms. The summed E-state index contributed by atoms with van der Waals surface area (Å²) in [5, 5.41) is 0.808. The number of rotatable bonds is 2. The van der Waals surface area contributed by atoms with Crippen molar-refractivity contribution < 1.29 is 9.53 Å². The number of methoxy groups -OCH3 is 1. The van der Waals surface area contributed by atoms with Gasteiger partial charge in [0.25, 0.3) is 0 Å². The minimum atomic E-state index is -0.245. The molecule has 15 heavy (non-hydrogen) atoms. The van der Waals surface area contributed by atoms with E-state index in [0.717, 1.165) is 15.2 Å². The molecule has 0 aliphatic carbocycles. The molecule has 0 bridgehead atoms. The van der Waals surface area contributed by atoms with Gasteiger partial charge in [0.2, 0.25) is 0 Å². The molecule has 0 radical (unpaired) electrons. The molecule has 3 nitrogen and oxygen atoms in total. The van der Waals surface area contributed by atoms with Crippen LogP contribution in [-0.2, 0) is 16.0 Å². The molecule has 0 unspecified atom stereocenters. The average molecular weight is 221 g/mol. The Balaban J connectivity index is 2.34. The second-order valence-electron chi connectivity index (χ2n) is 3.33. The second kappa shape index (κ2) is 3.98. The minimum absolute atomic E-state index is 0.245. The molecule has 0 aliphatic rings. The number of hydrogen-bond acceptors (Lipinski definition) is 4. The van der Waals surface area contributed by atoms with E-state index in [1.54, 1.807) is 11.3 Å². The van der Waals surface area contributed by atoms with Crippen molar-refractivity contribution >= 4 is 27.5 Å². The summed E-state index contributed by atoms with van der Waals surface area (Å²) in [5.41, 5.74) is 2.15. The first-order chi connectivity index (χ1) is 7.19. The van der Waals surface area contributed by atoms with Crippen LogP contribution >= 0.6 is 11.3 Å². The van der Waals surface area contributed by atoms with Gasteiger partial charge in [-0.25, -0.2) is 4.98 Å². The number of nitrogens with zero attached hydrogens (tertiary/aromatic N) is 1. The third kappa shape index (κ3) is 2.15. The van der Waals surface area contributed by atoms with Gasteiger partial charge in [-0.15, -0.1) is 11.3 Å². The molecule has 4 heteroatoms. The molecule has 2 rings (SSSR count). The van der Waals surface area contributed by atoms with E-state index in [1.165, 1.54) is 12.7 Å². The molecule has 1 heterocycles. The topological polar surface area (TPSA) is 39.2 Å². The number of carbonyl (C=O) groups excluding carboxylic acids is 1. The van der Waals surface area contributed by atoms with Gasteiger partial charge >= 0.3 is 5.97 Å². The molecule has 0 N–H and O–H groups in total. The lowest BCUT2D eigenvalue weighted by Gasteiger charge is -1.92. The van der Waals surface area contributed by atoms with Gasteiger partial charge in [-0.05, 0) is 24.6 Å². The molecule has 1 aromatic carbocycles. The van der Waals surface area contributed by atoms with E-state index >= 15 is 0 Å². The van der Waals surface area contributed by atoms with Gasteiger partial charge in [-0.3, -0.25) is 4.79 Å². The SMILES string of the molecule is COC(=O)Cc1nc2ccc(C)cc2s1. The quantitative estimate of drug-likeness (QED) is 0.730. The number of esters is 1. The average Bonchev–Trinajstić information content (AvgIpc) is 2.59. The summed E-state index contributed by atoms with van der Waals surface area (Å²) in [6.45, 7) is 2.04. The summed E-state index contributed by atoms with van der Waals surface area (Å²) in [6, 6.07) is 6.07. The summed E-state index contributed by atoms with van der Waals surface area (Å²) in [5.74, 6) is -0.245. The molecule has 0 atom stereocenters. The van der Waals surface area contributed by atoms with Crippen LogP contribution in [0, 0.1) is 6.92 Å². The summed E-state index contributed by atoms with van der Waals surface area (Å²) in [7, 11) is 1.39. The lowest BCUT2D eigenvalue weighted by Crippen LogP contribution is -2.03. The Labute approximate surface area is 91.7 Å². The van der Waals surface area contributed by atoms with Crippen molar-refractivity contribution in [2.75, 3.05) is 7.11 Å².